The molecule has 2 heterocycles. The molecule has 2 aliphatic rings. The Morgan fingerprint density at radius 3 is 2.21 bits per heavy atom. The molecule has 0 bridgehead atoms. The van der Waals surface area contributed by atoms with Crippen LogP contribution in [-0.4, -0.2) is 17.9 Å². The molecule has 3 atom stereocenters. The maximum absolute atomic E-state index is 13.9. The molecule has 0 N–H and O–H groups in total. The smallest absolute Gasteiger partial charge is 0.266 e. The number of para-hydroxylation sites is 1. The molecule has 2 fully saturated rings. The first kappa shape index (κ1) is 19.7. The van der Waals surface area contributed by atoms with Crippen molar-refractivity contribution in [1.82, 2.24) is 0 Å². The minimum Gasteiger partial charge on any atom is -0.273 e. The number of anilines is 2. The SMILES string of the molecule is Cc1ccc(C2C3C(=O)N(c4cccc5ccccc45)C(=O)C3ON2c2ccccc2)cc1. The van der Waals surface area contributed by atoms with Crippen molar-refractivity contribution in [3.05, 3.63) is 108 Å². The zero-order valence-electron chi connectivity index (χ0n) is 18.1. The van der Waals surface area contributed by atoms with Crippen molar-refractivity contribution < 1.29 is 14.4 Å². The number of fused-ring (bicyclic) bond motifs is 2. The molecule has 162 valence electrons. The summed E-state index contributed by atoms with van der Waals surface area (Å²) >= 11 is 0. The molecule has 5 nitrogen and oxygen atoms in total. The highest BCUT2D eigenvalue weighted by molar-refractivity contribution is 6.26. The summed E-state index contributed by atoms with van der Waals surface area (Å²) in [5.41, 5.74) is 3.49. The van der Waals surface area contributed by atoms with Crippen LogP contribution in [0.1, 0.15) is 17.2 Å². The van der Waals surface area contributed by atoms with E-state index in [1.807, 2.05) is 104 Å². The summed E-state index contributed by atoms with van der Waals surface area (Å²) in [6.07, 6.45) is -0.872. The number of hydroxylamine groups is 1. The van der Waals surface area contributed by atoms with Crippen LogP contribution < -0.4 is 9.96 Å². The van der Waals surface area contributed by atoms with Crippen LogP contribution in [0.2, 0.25) is 0 Å². The molecule has 2 saturated heterocycles. The Kier molecular flexibility index (Phi) is 4.52. The number of nitrogens with zero attached hydrogens (tertiary/aromatic N) is 2. The highest BCUT2D eigenvalue weighted by Gasteiger charge is 2.60. The third-order valence-electron chi connectivity index (χ3n) is 6.55. The van der Waals surface area contributed by atoms with Gasteiger partial charge in [-0.25, -0.2) is 9.96 Å². The number of amides is 2. The van der Waals surface area contributed by atoms with E-state index in [9.17, 15) is 9.59 Å². The van der Waals surface area contributed by atoms with Gasteiger partial charge in [-0.15, -0.1) is 0 Å². The molecule has 0 saturated carbocycles. The lowest BCUT2D eigenvalue weighted by Gasteiger charge is -2.29. The van der Waals surface area contributed by atoms with Crippen LogP contribution in [0.25, 0.3) is 10.8 Å². The Labute approximate surface area is 191 Å². The summed E-state index contributed by atoms with van der Waals surface area (Å²) in [7, 11) is 0. The lowest BCUT2D eigenvalue weighted by molar-refractivity contribution is -0.126. The van der Waals surface area contributed by atoms with Crippen molar-refractivity contribution in [2.45, 2.75) is 19.1 Å². The fraction of sp³-hybridized carbons (Fsp3) is 0.143. The summed E-state index contributed by atoms with van der Waals surface area (Å²) in [5.74, 6) is -1.19. The van der Waals surface area contributed by atoms with E-state index in [1.54, 1.807) is 5.06 Å². The van der Waals surface area contributed by atoms with Crippen LogP contribution >= 0.6 is 0 Å². The number of benzene rings is 4. The van der Waals surface area contributed by atoms with E-state index in [4.69, 9.17) is 4.84 Å². The molecule has 0 aromatic heterocycles. The monoisotopic (exact) mass is 434 g/mol. The molecule has 3 unspecified atom stereocenters. The Hall–Kier alpha value is -3.96. The van der Waals surface area contributed by atoms with Gasteiger partial charge >= 0.3 is 0 Å². The molecule has 0 radical (unpaired) electrons. The fourth-order valence-electron chi connectivity index (χ4n) is 4.96. The Morgan fingerprint density at radius 1 is 0.727 bits per heavy atom. The van der Waals surface area contributed by atoms with Gasteiger partial charge in [-0.2, -0.15) is 0 Å². The molecule has 4 aromatic carbocycles. The van der Waals surface area contributed by atoms with Crippen molar-refractivity contribution in [3.8, 4) is 0 Å². The van der Waals surface area contributed by atoms with Gasteiger partial charge < -0.3 is 0 Å². The number of imide groups is 1. The number of hydrogen-bond acceptors (Lipinski definition) is 4. The third kappa shape index (κ3) is 3.04. The van der Waals surface area contributed by atoms with Crippen molar-refractivity contribution in [3.63, 3.8) is 0 Å². The number of carbonyl (C=O) groups excluding carboxylic acids is 2. The molecular weight excluding hydrogens is 412 g/mol. The largest absolute Gasteiger partial charge is 0.273 e. The van der Waals surface area contributed by atoms with Crippen molar-refractivity contribution >= 4 is 34.0 Å². The topological polar surface area (TPSA) is 49.9 Å². The van der Waals surface area contributed by atoms with E-state index in [0.29, 0.717) is 5.69 Å². The summed E-state index contributed by atoms with van der Waals surface area (Å²) in [5, 5.41) is 3.58. The van der Waals surface area contributed by atoms with Gasteiger partial charge in [0.2, 0.25) is 5.91 Å². The predicted octanol–water partition coefficient (Wildman–Crippen LogP) is 5.20. The highest BCUT2D eigenvalue weighted by Crippen LogP contribution is 2.48. The summed E-state index contributed by atoms with van der Waals surface area (Å²) < 4.78 is 0. The van der Waals surface area contributed by atoms with Gasteiger partial charge in [-0.3, -0.25) is 14.4 Å². The number of rotatable bonds is 3. The molecule has 5 heteroatoms. The fourth-order valence-corrected chi connectivity index (χ4v) is 4.96. The van der Waals surface area contributed by atoms with Crippen LogP contribution in [0.4, 0.5) is 11.4 Å². The summed E-state index contributed by atoms with van der Waals surface area (Å²) in [6.45, 7) is 2.03. The molecule has 2 amide bonds. The standard InChI is InChI=1S/C28H22N2O3/c1-18-14-16-20(17-15-18)25-24-26(33-30(25)21-10-3-2-4-11-21)28(32)29(27(24)31)23-13-7-9-19-8-5-6-12-22(19)23/h2-17,24-26H,1H3. The number of carbonyl (C=O) groups is 2. The predicted molar refractivity (Wildman–Crippen MR) is 128 cm³/mol. The molecule has 2 aliphatic heterocycles. The second kappa shape index (κ2) is 7.57. The van der Waals surface area contributed by atoms with Crippen LogP contribution in [-0.2, 0) is 14.4 Å². The lowest BCUT2D eigenvalue weighted by Crippen LogP contribution is -2.37. The van der Waals surface area contributed by atoms with Crippen LogP contribution in [0.5, 0.6) is 0 Å². The molecule has 33 heavy (non-hydrogen) atoms. The van der Waals surface area contributed by atoms with Gasteiger partial charge in [-0.1, -0.05) is 84.4 Å². The van der Waals surface area contributed by atoms with E-state index in [0.717, 1.165) is 27.6 Å². The van der Waals surface area contributed by atoms with Crippen molar-refractivity contribution in [2.24, 2.45) is 5.92 Å². The Bertz CT molecular complexity index is 1360. The maximum atomic E-state index is 13.9. The molecule has 0 aliphatic carbocycles. The Morgan fingerprint density at radius 2 is 1.42 bits per heavy atom. The summed E-state index contributed by atoms with van der Waals surface area (Å²) in [4.78, 5) is 35.0. The van der Waals surface area contributed by atoms with E-state index < -0.39 is 18.1 Å². The van der Waals surface area contributed by atoms with E-state index in [-0.39, 0.29) is 11.8 Å². The quantitative estimate of drug-likeness (QED) is 0.416. The molecule has 0 spiro atoms. The lowest BCUT2D eigenvalue weighted by atomic mass is 9.90. The van der Waals surface area contributed by atoms with E-state index in [2.05, 4.69) is 0 Å². The number of aryl methyl sites for hydroxylation is 1. The van der Waals surface area contributed by atoms with Crippen LogP contribution in [0.15, 0.2) is 97.1 Å². The maximum Gasteiger partial charge on any atom is 0.266 e. The van der Waals surface area contributed by atoms with E-state index in [1.165, 1.54) is 4.90 Å². The third-order valence-corrected chi connectivity index (χ3v) is 6.55. The first-order chi connectivity index (χ1) is 16.1. The zero-order valence-corrected chi connectivity index (χ0v) is 18.1. The normalized spacial score (nSPS) is 22.3. The van der Waals surface area contributed by atoms with Gasteiger partial charge in [0.05, 0.1) is 17.4 Å². The highest BCUT2D eigenvalue weighted by atomic mass is 16.7. The minimum atomic E-state index is -0.872. The number of hydrogen-bond donors (Lipinski definition) is 0. The van der Waals surface area contributed by atoms with Crippen molar-refractivity contribution in [2.75, 3.05) is 9.96 Å². The van der Waals surface area contributed by atoms with E-state index >= 15 is 0 Å². The second-order valence-electron chi connectivity index (χ2n) is 8.58. The van der Waals surface area contributed by atoms with Gasteiger partial charge in [-0.05, 0) is 36.1 Å². The zero-order chi connectivity index (χ0) is 22.5. The van der Waals surface area contributed by atoms with Gasteiger partial charge in [0.15, 0.2) is 6.10 Å². The average molecular weight is 434 g/mol. The minimum absolute atomic E-state index is 0.231. The second-order valence-corrected chi connectivity index (χ2v) is 8.58. The van der Waals surface area contributed by atoms with Gasteiger partial charge in [0, 0.05) is 5.39 Å². The van der Waals surface area contributed by atoms with Crippen LogP contribution in [0.3, 0.4) is 0 Å². The Balaban J connectivity index is 1.46. The first-order valence-electron chi connectivity index (χ1n) is 11.1. The van der Waals surface area contributed by atoms with Crippen molar-refractivity contribution in [1.29, 1.82) is 0 Å². The molecular formula is C28H22N2O3. The summed E-state index contributed by atoms with van der Waals surface area (Å²) in [6, 6.07) is 30.8. The molecule has 6 rings (SSSR count). The first-order valence-corrected chi connectivity index (χ1v) is 11.1. The average Bonchev–Trinajstić information content (AvgIpc) is 3.36. The van der Waals surface area contributed by atoms with Crippen LogP contribution in [0, 0.1) is 12.8 Å². The van der Waals surface area contributed by atoms with Gasteiger partial charge in [0.1, 0.15) is 5.92 Å². The van der Waals surface area contributed by atoms with Gasteiger partial charge in [0.25, 0.3) is 5.91 Å². The molecule has 4 aromatic rings.